The molecule has 0 aromatic rings. The van der Waals surface area contributed by atoms with Gasteiger partial charge in [0, 0.05) is 26.2 Å². The van der Waals surface area contributed by atoms with Gasteiger partial charge in [-0.15, -0.1) is 0 Å². The molecule has 0 saturated heterocycles. The van der Waals surface area contributed by atoms with Crippen molar-refractivity contribution in [1.82, 2.24) is 0 Å². The third-order valence-corrected chi connectivity index (χ3v) is 0. The monoisotopic (exact) mass is 410 g/mol. The normalized spacial score (nSPS) is 8.50. The van der Waals surface area contributed by atoms with Crippen LogP contribution < -0.4 is 0 Å². The first kappa shape index (κ1) is 36.4. The zero-order chi connectivity index (χ0) is 9.00. The predicted octanol–water partition coefficient (Wildman–Crippen LogP) is -4.01. The molecule has 0 fully saturated rings. The van der Waals surface area contributed by atoms with Crippen LogP contribution in [0.5, 0.6) is 0 Å². The van der Waals surface area contributed by atoms with E-state index in [4.69, 9.17) is 38.4 Å². The SMILES string of the molecule is O=P(O)(O)O.O[Si](O)(O)O.[Ca+2].[Ca+2].[Ca+2].[H-].[H-].[H-].[H-].[H-].[H-].[Zr]. The third-order valence-electron chi connectivity index (χ3n) is 0. The van der Waals surface area contributed by atoms with E-state index in [2.05, 4.69) is 0 Å². The topological polar surface area (TPSA) is 159 Å². The van der Waals surface area contributed by atoms with Gasteiger partial charge in [-0.2, -0.15) is 0 Å². The molecule has 7 N–H and O–H groups in total. The van der Waals surface area contributed by atoms with Crippen LogP contribution >= 0.6 is 7.82 Å². The fourth-order valence-corrected chi connectivity index (χ4v) is 0. The first-order valence-corrected chi connectivity index (χ1v) is 5.03. The summed E-state index contributed by atoms with van der Waals surface area (Å²) in [6.07, 6.45) is 0. The molecule has 0 atom stereocenters. The Morgan fingerprint density at radius 1 is 0.857 bits per heavy atom. The number of phosphoric acid groups is 1. The van der Waals surface area contributed by atoms with Gasteiger partial charge >= 0.3 is 130 Å². The van der Waals surface area contributed by atoms with E-state index in [0.29, 0.717) is 0 Å². The summed E-state index contributed by atoms with van der Waals surface area (Å²) in [4.78, 5) is 50.9. The minimum atomic E-state index is -4.64. The maximum absolute atomic E-state index is 8.88. The molecule has 0 bridgehead atoms. The Bertz CT molecular complexity index is 134. The quantitative estimate of drug-likeness (QED) is 0.157. The molecule has 0 aromatic carbocycles. The van der Waals surface area contributed by atoms with Crippen molar-refractivity contribution < 1.29 is 73.2 Å². The molecule has 0 radical (unpaired) electrons. The van der Waals surface area contributed by atoms with Gasteiger partial charge in [-0.3, -0.25) is 0 Å². The molecule has 0 aliphatic rings. The van der Waals surface area contributed by atoms with Crippen LogP contribution in [0.1, 0.15) is 8.56 Å². The summed E-state index contributed by atoms with van der Waals surface area (Å²) < 4.78 is 8.88. The molecular formula is H13Ca3O8PSiZr. The predicted molar refractivity (Wildman–Crippen MR) is 52.8 cm³/mol. The second-order valence-corrected chi connectivity index (χ2v) is 3.34. The van der Waals surface area contributed by atoms with E-state index < -0.39 is 16.9 Å². The average Bonchev–Trinajstić information content (AvgIpc) is 1.12. The van der Waals surface area contributed by atoms with Crippen LogP contribution in [0, 0.1) is 0 Å². The molecule has 0 aliphatic carbocycles. The van der Waals surface area contributed by atoms with Crippen LogP contribution in [0.4, 0.5) is 0 Å². The Morgan fingerprint density at radius 2 is 0.857 bits per heavy atom. The minimum Gasteiger partial charge on any atom is -1.00 e. The van der Waals surface area contributed by atoms with Crippen molar-refractivity contribution >= 4 is 130 Å². The Labute approximate surface area is 199 Å². The molecule has 14 heavy (non-hydrogen) atoms. The molecule has 8 nitrogen and oxygen atoms in total. The van der Waals surface area contributed by atoms with E-state index in [1.54, 1.807) is 0 Å². The van der Waals surface area contributed by atoms with Gasteiger partial charge in [0.25, 0.3) is 0 Å². The summed E-state index contributed by atoms with van der Waals surface area (Å²) in [5.74, 6) is 0. The van der Waals surface area contributed by atoms with Crippen LogP contribution in [0.2, 0.25) is 0 Å². The Morgan fingerprint density at radius 3 is 0.857 bits per heavy atom. The number of rotatable bonds is 0. The van der Waals surface area contributed by atoms with Crippen molar-refractivity contribution in [2.24, 2.45) is 0 Å². The van der Waals surface area contributed by atoms with Crippen LogP contribution in [0.3, 0.4) is 0 Å². The van der Waals surface area contributed by atoms with Crippen LogP contribution in [-0.4, -0.2) is 156 Å². The number of hydrogen-bond donors (Lipinski definition) is 7. The van der Waals surface area contributed by atoms with Crippen molar-refractivity contribution in [3.63, 3.8) is 0 Å². The average molecular weight is 412 g/mol. The molecule has 80 valence electrons. The zero-order valence-electron chi connectivity index (χ0n) is 13.1. The van der Waals surface area contributed by atoms with Gasteiger partial charge in [0.1, 0.15) is 0 Å². The van der Waals surface area contributed by atoms with Gasteiger partial charge in [0.2, 0.25) is 0 Å². The minimum absolute atomic E-state index is 0. The van der Waals surface area contributed by atoms with Crippen molar-refractivity contribution in [3.05, 3.63) is 0 Å². The van der Waals surface area contributed by atoms with E-state index in [1.807, 2.05) is 0 Å². The summed E-state index contributed by atoms with van der Waals surface area (Å²) in [5.41, 5.74) is 0. The molecule has 14 heteroatoms. The summed E-state index contributed by atoms with van der Waals surface area (Å²) in [6.45, 7) is 0. The molecule has 0 saturated carbocycles. The van der Waals surface area contributed by atoms with Gasteiger partial charge in [-0.25, -0.2) is 4.57 Å². The molecule has 0 rings (SSSR count). The van der Waals surface area contributed by atoms with Crippen molar-refractivity contribution in [2.45, 2.75) is 0 Å². The fourth-order valence-electron chi connectivity index (χ4n) is 0. The van der Waals surface area contributed by atoms with Gasteiger partial charge in [-0.1, -0.05) is 0 Å². The molecule has 0 unspecified atom stereocenters. The Hall–Kier alpha value is 4.83. The van der Waals surface area contributed by atoms with Gasteiger partial charge in [0.15, 0.2) is 0 Å². The maximum atomic E-state index is 8.88. The van der Waals surface area contributed by atoms with Crippen LogP contribution in [0.15, 0.2) is 0 Å². The van der Waals surface area contributed by atoms with Crippen molar-refractivity contribution in [1.29, 1.82) is 0 Å². The molecule has 0 aromatic heterocycles. The zero-order valence-corrected chi connectivity index (χ0v) is 18.1. The van der Waals surface area contributed by atoms with Gasteiger partial charge in [-0.05, 0) is 0 Å². The molecular weight excluding hydrogens is 399 g/mol. The van der Waals surface area contributed by atoms with E-state index in [9.17, 15) is 0 Å². The smallest absolute Gasteiger partial charge is 1.00 e. The molecule has 0 amide bonds. The van der Waals surface area contributed by atoms with E-state index >= 15 is 0 Å². The molecule has 0 heterocycles. The van der Waals surface area contributed by atoms with Gasteiger partial charge < -0.3 is 42.4 Å². The maximum Gasteiger partial charge on any atom is 2.00 e. The Kier molecular flexibility index (Phi) is 46.3. The van der Waals surface area contributed by atoms with E-state index in [1.165, 1.54) is 0 Å². The fraction of sp³-hybridized carbons (Fsp3) is 0. The summed E-state index contributed by atoms with van der Waals surface area (Å²) >= 11 is 0. The largest absolute Gasteiger partial charge is 2.00 e. The summed E-state index contributed by atoms with van der Waals surface area (Å²) in [5, 5.41) is 0. The van der Waals surface area contributed by atoms with Crippen molar-refractivity contribution in [3.8, 4) is 0 Å². The van der Waals surface area contributed by atoms with Crippen LogP contribution in [0.25, 0.3) is 0 Å². The molecule has 0 aliphatic heterocycles. The standard InChI is InChI=1S/3Ca.H3O4P.H4O4Si.Zr.6H/c;;;2*1-5(2,3)4;;;;;;;/h;;;(H3,1,2,3,4);1-4H;;;;;;;/q3*+2;;;;6*-1. The first-order chi connectivity index (χ1) is 4.00. The summed E-state index contributed by atoms with van der Waals surface area (Å²) in [7, 11) is -9.25. The number of hydrogen-bond acceptors (Lipinski definition) is 5. The third kappa shape index (κ3) is 181. The van der Waals surface area contributed by atoms with Crippen molar-refractivity contribution in [2.75, 3.05) is 0 Å². The van der Waals surface area contributed by atoms with Crippen LogP contribution in [-0.2, 0) is 30.8 Å². The second kappa shape index (κ2) is 17.8. The second-order valence-electron chi connectivity index (χ2n) is 1.11. The van der Waals surface area contributed by atoms with Gasteiger partial charge in [0.05, 0.1) is 0 Å². The van der Waals surface area contributed by atoms with E-state index in [-0.39, 0.29) is 148 Å². The summed E-state index contributed by atoms with van der Waals surface area (Å²) in [6, 6.07) is 0. The first-order valence-electron chi connectivity index (χ1n) is 1.68. The Balaban J connectivity index is -0.00000000427. The van der Waals surface area contributed by atoms with E-state index in [0.717, 1.165) is 0 Å². The molecule has 0 spiro atoms.